The zero-order chi connectivity index (χ0) is 10.9. The topological polar surface area (TPSA) is 26.0 Å². The zero-order valence-electron chi connectivity index (χ0n) is 6.83. The second-order valence-corrected chi connectivity index (χ2v) is 3.22. The first-order chi connectivity index (χ1) is 6.36. The Kier molecular flexibility index (Phi) is 3.04. The molecule has 78 valence electrons. The van der Waals surface area contributed by atoms with Crippen LogP contribution in [0.25, 0.3) is 0 Å². The summed E-state index contributed by atoms with van der Waals surface area (Å²) in [6.45, 7) is 0. The number of hydrogen-bond acceptors (Lipinski definition) is 1. The van der Waals surface area contributed by atoms with E-state index in [0.29, 0.717) is 6.07 Å². The van der Waals surface area contributed by atoms with Crippen molar-refractivity contribution < 1.29 is 17.6 Å². The lowest BCUT2D eigenvalue weighted by atomic mass is 10.1. The molecule has 0 radical (unpaired) electrons. The Balaban J connectivity index is 3.35. The number of halogens is 5. The van der Waals surface area contributed by atoms with Crippen molar-refractivity contribution in [3.8, 4) is 0 Å². The fourth-order valence-corrected chi connectivity index (χ4v) is 1.47. The maximum Gasteiger partial charge on any atom is 0.416 e. The number of alkyl halides is 4. The molecule has 0 heterocycles. The fraction of sp³-hybridized carbons (Fsp3) is 0.250. The molecule has 6 heteroatoms. The average Bonchev–Trinajstić information content (AvgIpc) is 2.07. The molecule has 0 bridgehead atoms. The first kappa shape index (κ1) is 11.3. The minimum atomic E-state index is -4.51. The second kappa shape index (κ2) is 3.76. The predicted molar refractivity (Wildman–Crippen MR) is 48.4 cm³/mol. The second-order valence-electron chi connectivity index (χ2n) is 2.66. The highest BCUT2D eigenvalue weighted by Crippen LogP contribution is 2.35. The Morgan fingerprint density at radius 3 is 2.29 bits per heavy atom. The van der Waals surface area contributed by atoms with E-state index < -0.39 is 23.2 Å². The highest BCUT2D eigenvalue weighted by Gasteiger charge is 2.33. The normalized spacial score (nSPS) is 11.8. The van der Waals surface area contributed by atoms with Gasteiger partial charge in [-0.25, -0.2) is 4.39 Å². The number of nitrogens with two attached hydrogens (primary N) is 1. The van der Waals surface area contributed by atoms with Gasteiger partial charge in [0.2, 0.25) is 0 Å². The number of anilines is 1. The maximum atomic E-state index is 12.8. The minimum absolute atomic E-state index is 0.0704. The molecule has 0 aliphatic heterocycles. The van der Waals surface area contributed by atoms with E-state index in [0.717, 1.165) is 6.07 Å². The van der Waals surface area contributed by atoms with Crippen molar-refractivity contribution in [1.29, 1.82) is 0 Å². The van der Waals surface area contributed by atoms with Gasteiger partial charge in [-0.1, -0.05) is 15.9 Å². The number of hydrogen-bond donors (Lipinski definition) is 1. The largest absolute Gasteiger partial charge is 0.416 e. The van der Waals surface area contributed by atoms with Crippen LogP contribution in [0.5, 0.6) is 0 Å². The van der Waals surface area contributed by atoms with Crippen LogP contribution in [-0.2, 0) is 11.5 Å². The van der Waals surface area contributed by atoms with Crippen molar-refractivity contribution in [1.82, 2.24) is 0 Å². The van der Waals surface area contributed by atoms with Crippen molar-refractivity contribution in [2.45, 2.75) is 11.5 Å². The number of benzene rings is 1. The predicted octanol–water partition coefficient (Wildman–Crippen LogP) is 3.32. The van der Waals surface area contributed by atoms with Gasteiger partial charge in [-0.3, -0.25) is 0 Å². The first-order valence-electron chi connectivity index (χ1n) is 3.57. The molecule has 1 aromatic carbocycles. The van der Waals surface area contributed by atoms with Crippen LogP contribution in [0, 0.1) is 5.82 Å². The monoisotopic (exact) mass is 271 g/mol. The van der Waals surface area contributed by atoms with Crippen LogP contribution < -0.4 is 5.73 Å². The highest BCUT2D eigenvalue weighted by molar-refractivity contribution is 9.08. The van der Waals surface area contributed by atoms with Gasteiger partial charge in [0, 0.05) is 5.33 Å². The van der Waals surface area contributed by atoms with E-state index in [4.69, 9.17) is 5.73 Å². The van der Waals surface area contributed by atoms with Gasteiger partial charge in [-0.2, -0.15) is 13.2 Å². The smallest absolute Gasteiger partial charge is 0.396 e. The fourth-order valence-electron chi connectivity index (χ4n) is 1.01. The summed E-state index contributed by atoms with van der Waals surface area (Å²) in [6, 6.07) is 1.39. The summed E-state index contributed by atoms with van der Waals surface area (Å²) < 4.78 is 49.9. The van der Waals surface area contributed by atoms with E-state index in [-0.39, 0.29) is 10.9 Å². The van der Waals surface area contributed by atoms with Crippen LogP contribution in [0.2, 0.25) is 0 Å². The summed E-state index contributed by atoms with van der Waals surface area (Å²) in [5.74, 6) is -0.840. The molecule has 0 aliphatic carbocycles. The molecule has 1 nitrogen and oxygen atoms in total. The standard InChI is InChI=1S/C8H6BrF4N/c9-3-4-1-6(10)7(14)2-5(4)8(11,12)13/h1-2H,3,14H2. The number of nitrogen functional groups attached to an aromatic ring is 1. The molecule has 0 aromatic heterocycles. The summed E-state index contributed by atoms with van der Waals surface area (Å²) in [4.78, 5) is 0. The van der Waals surface area contributed by atoms with Crippen molar-refractivity contribution in [3.05, 3.63) is 29.1 Å². The summed E-state index contributed by atoms with van der Waals surface area (Å²) in [7, 11) is 0. The Morgan fingerprint density at radius 1 is 1.29 bits per heavy atom. The third-order valence-electron chi connectivity index (χ3n) is 1.67. The van der Waals surface area contributed by atoms with Crippen LogP contribution in [0.3, 0.4) is 0 Å². The van der Waals surface area contributed by atoms with Gasteiger partial charge >= 0.3 is 6.18 Å². The molecule has 0 saturated heterocycles. The van der Waals surface area contributed by atoms with Gasteiger partial charge in [-0.15, -0.1) is 0 Å². The third-order valence-corrected chi connectivity index (χ3v) is 2.28. The molecule has 0 fully saturated rings. The van der Waals surface area contributed by atoms with Crippen molar-refractivity contribution in [3.63, 3.8) is 0 Å². The zero-order valence-corrected chi connectivity index (χ0v) is 8.41. The Labute approximate surface area is 86.0 Å². The van der Waals surface area contributed by atoms with Gasteiger partial charge in [0.1, 0.15) is 5.82 Å². The molecule has 0 unspecified atom stereocenters. The summed E-state index contributed by atoms with van der Waals surface area (Å²) in [6.07, 6.45) is -4.51. The van der Waals surface area contributed by atoms with E-state index >= 15 is 0 Å². The number of rotatable bonds is 1. The van der Waals surface area contributed by atoms with Crippen molar-refractivity contribution in [2.24, 2.45) is 0 Å². The first-order valence-corrected chi connectivity index (χ1v) is 4.69. The van der Waals surface area contributed by atoms with E-state index in [1.807, 2.05) is 0 Å². The molecule has 2 N–H and O–H groups in total. The van der Waals surface area contributed by atoms with Crippen LogP contribution in [-0.4, -0.2) is 0 Å². The summed E-state index contributed by atoms with van der Waals surface area (Å²) >= 11 is 2.85. The summed E-state index contributed by atoms with van der Waals surface area (Å²) in [5, 5.41) is -0.0704. The van der Waals surface area contributed by atoms with Gasteiger partial charge in [0.05, 0.1) is 11.3 Å². The van der Waals surface area contributed by atoms with E-state index in [2.05, 4.69) is 15.9 Å². The highest BCUT2D eigenvalue weighted by atomic mass is 79.9. The molecule has 0 atom stereocenters. The van der Waals surface area contributed by atoms with Gasteiger partial charge in [-0.05, 0) is 17.7 Å². The van der Waals surface area contributed by atoms with E-state index in [1.54, 1.807) is 0 Å². The van der Waals surface area contributed by atoms with Crippen molar-refractivity contribution >= 4 is 21.6 Å². The van der Waals surface area contributed by atoms with Crippen LogP contribution in [0.15, 0.2) is 12.1 Å². The molecule has 1 rings (SSSR count). The quantitative estimate of drug-likeness (QED) is 0.473. The molecule has 0 aliphatic rings. The van der Waals surface area contributed by atoms with E-state index in [9.17, 15) is 17.6 Å². The Morgan fingerprint density at radius 2 is 1.86 bits per heavy atom. The van der Waals surface area contributed by atoms with Gasteiger partial charge in [0.25, 0.3) is 0 Å². The lowest BCUT2D eigenvalue weighted by Gasteiger charge is -2.12. The average molecular weight is 272 g/mol. The van der Waals surface area contributed by atoms with Gasteiger partial charge < -0.3 is 5.73 Å². The van der Waals surface area contributed by atoms with Crippen molar-refractivity contribution in [2.75, 3.05) is 5.73 Å². The molecule has 0 saturated carbocycles. The Bertz CT molecular complexity index is 348. The molecule has 0 spiro atoms. The molecule has 0 amide bonds. The lowest BCUT2D eigenvalue weighted by molar-refractivity contribution is -0.138. The molecular formula is C8H6BrF4N. The van der Waals surface area contributed by atoms with Crippen LogP contribution >= 0.6 is 15.9 Å². The molecular weight excluding hydrogens is 266 g/mol. The lowest BCUT2D eigenvalue weighted by Crippen LogP contribution is -2.10. The van der Waals surface area contributed by atoms with E-state index in [1.165, 1.54) is 0 Å². The SMILES string of the molecule is Nc1cc(C(F)(F)F)c(CBr)cc1F. The van der Waals surface area contributed by atoms with Gasteiger partial charge in [0.15, 0.2) is 0 Å². The Hall–Kier alpha value is -0.780. The van der Waals surface area contributed by atoms with Crippen LogP contribution in [0.1, 0.15) is 11.1 Å². The van der Waals surface area contributed by atoms with Crippen LogP contribution in [0.4, 0.5) is 23.2 Å². The molecule has 14 heavy (non-hydrogen) atoms. The molecule has 1 aromatic rings. The minimum Gasteiger partial charge on any atom is -0.396 e. The maximum absolute atomic E-state index is 12.8. The summed E-state index contributed by atoms with van der Waals surface area (Å²) in [5.41, 5.74) is 3.48. The third kappa shape index (κ3) is 2.17.